The molecule has 1 heterocycles. The number of benzene rings is 1. The van der Waals surface area contributed by atoms with Crippen LogP contribution in [0.3, 0.4) is 0 Å². The van der Waals surface area contributed by atoms with Crippen LogP contribution in [-0.2, 0) is 26.7 Å². The second kappa shape index (κ2) is 10.1. The minimum Gasteiger partial charge on any atom is -0.357 e. The van der Waals surface area contributed by atoms with Crippen molar-refractivity contribution < 1.29 is 0 Å². The summed E-state index contributed by atoms with van der Waals surface area (Å²) in [4.78, 5) is 7.06. The number of nitrogens with one attached hydrogen (secondary N) is 2. The van der Waals surface area contributed by atoms with Gasteiger partial charge < -0.3 is 15.5 Å². The van der Waals surface area contributed by atoms with Gasteiger partial charge in [-0.15, -0.1) is 0 Å². The van der Waals surface area contributed by atoms with E-state index in [0.717, 1.165) is 37.8 Å². The third-order valence-electron chi connectivity index (χ3n) is 4.84. The third-order valence-corrected chi connectivity index (χ3v) is 4.84. The molecule has 0 saturated heterocycles. The van der Waals surface area contributed by atoms with Crippen LogP contribution < -0.4 is 10.6 Å². The molecule has 2 rings (SSSR count). The second-order valence-corrected chi connectivity index (χ2v) is 6.97. The molecule has 1 aromatic heterocycles. The summed E-state index contributed by atoms with van der Waals surface area (Å²) >= 11 is 0. The largest absolute Gasteiger partial charge is 0.357 e. The van der Waals surface area contributed by atoms with Crippen molar-refractivity contribution in [2.45, 2.75) is 47.3 Å². The van der Waals surface area contributed by atoms with Crippen LogP contribution in [0.1, 0.15) is 41.9 Å². The third kappa shape index (κ3) is 6.10. The van der Waals surface area contributed by atoms with Gasteiger partial charge in [-0.25, -0.2) is 4.99 Å². The van der Waals surface area contributed by atoms with Crippen molar-refractivity contribution in [2.24, 2.45) is 12.0 Å². The Morgan fingerprint density at radius 1 is 1.19 bits per heavy atom. The van der Waals surface area contributed by atoms with Crippen LogP contribution >= 0.6 is 0 Å². The first-order valence-electron chi connectivity index (χ1n) is 9.72. The number of nitrogens with zero attached hydrogens (tertiary/aromatic N) is 4. The first-order chi connectivity index (χ1) is 12.9. The van der Waals surface area contributed by atoms with E-state index in [0.29, 0.717) is 6.54 Å². The lowest BCUT2D eigenvalue weighted by Crippen LogP contribution is -2.37. The van der Waals surface area contributed by atoms with Gasteiger partial charge in [-0.1, -0.05) is 31.2 Å². The van der Waals surface area contributed by atoms with Gasteiger partial charge in [0.2, 0.25) is 0 Å². The summed E-state index contributed by atoms with van der Waals surface area (Å²) in [6.07, 6.45) is 0. The van der Waals surface area contributed by atoms with Crippen LogP contribution in [0.5, 0.6) is 0 Å². The van der Waals surface area contributed by atoms with E-state index in [1.807, 2.05) is 18.7 Å². The molecule has 6 heteroatoms. The molecule has 0 atom stereocenters. The number of hydrogen-bond donors (Lipinski definition) is 2. The molecule has 2 aromatic rings. The van der Waals surface area contributed by atoms with E-state index in [1.54, 1.807) is 0 Å². The highest BCUT2D eigenvalue weighted by Crippen LogP contribution is 2.11. The lowest BCUT2D eigenvalue weighted by molar-refractivity contribution is 0.345. The summed E-state index contributed by atoms with van der Waals surface area (Å²) in [6.45, 7) is 12.6. The van der Waals surface area contributed by atoms with E-state index >= 15 is 0 Å². The zero-order valence-corrected chi connectivity index (χ0v) is 17.6. The highest BCUT2D eigenvalue weighted by Gasteiger charge is 2.09. The number of aliphatic imine (C=N–C) groups is 1. The van der Waals surface area contributed by atoms with Crippen LogP contribution in [-0.4, -0.2) is 40.8 Å². The highest BCUT2D eigenvalue weighted by molar-refractivity contribution is 5.79. The Kier molecular flexibility index (Phi) is 7.85. The van der Waals surface area contributed by atoms with Gasteiger partial charge >= 0.3 is 0 Å². The Hall–Kier alpha value is -2.34. The van der Waals surface area contributed by atoms with E-state index in [4.69, 9.17) is 4.99 Å². The molecule has 0 aliphatic heterocycles. The minimum atomic E-state index is 0.657. The van der Waals surface area contributed by atoms with Crippen molar-refractivity contribution in [3.8, 4) is 0 Å². The van der Waals surface area contributed by atoms with E-state index < -0.39 is 0 Å². The molecule has 0 unspecified atom stereocenters. The Morgan fingerprint density at radius 2 is 1.93 bits per heavy atom. The molecule has 0 aliphatic carbocycles. The summed E-state index contributed by atoms with van der Waals surface area (Å²) in [5.74, 6) is 0.830. The topological polar surface area (TPSA) is 57.5 Å². The zero-order valence-electron chi connectivity index (χ0n) is 17.6. The number of hydrogen-bond acceptors (Lipinski definition) is 3. The van der Waals surface area contributed by atoms with Gasteiger partial charge in [-0.3, -0.25) is 4.68 Å². The maximum atomic E-state index is 4.76. The van der Waals surface area contributed by atoms with Gasteiger partial charge in [0, 0.05) is 37.9 Å². The molecule has 0 aliphatic rings. The average Bonchev–Trinajstić information content (AvgIpc) is 2.89. The zero-order chi connectivity index (χ0) is 19.8. The highest BCUT2D eigenvalue weighted by atomic mass is 15.3. The average molecular weight is 371 g/mol. The summed E-state index contributed by atoms with van der Waals surface area (Å²) < 4.78 is 1.93. The first-order valence-corrected chi connectivity index (χ1v) is 9.72. The number of aromatic nitrogens is 2. The normalized spacial score (nSPS) is 11.9. The van der Waals surface area contributed by atoms with E-state index in [-0.39, 0.29) is 0 Å². The molecule has 0 fully saturated rings. The fourth-order valence-corrected chi connectivity index (χ4v) is 3.01. The van der Waals surface area contributed by atoms with Gasteiger partial charge in [-0.2, -0.15) is 5.10 Å². The van der Waals surface area contributed by atoms with Crippen molar-refractivity contribution in [1.29, 1.82) is 0 Å². The van der Waals surface area contributed by atoms with Crippen molar-refractivity contribution in [3.63, 3.8) is 0 Å². The molecule has 0 bridgehead atoms. The van der Waals surface area contributed by atoms with E-state index in [1.165, 1.54) is 22.4 Å². The van der Waals surface area contributed by atoms with Crippen LogP contribution in [0.2, 0.25) is 0 Å². The van der Waals surface area contributed by atoms with Crippen molar-refractivity contribution >= 4 is 5.96 Å². The SMILES string of the molecule is CCNC(=NCc1cccc(CN(C)CC)c1)NCc1c(C)nn(C)c1C. The number of aryl methyl sites for hydroxylation is 2. The van der Waals surface area contributed by atoms with Crippen LogP contribution in [0.4, 0.5) is 0 Å². The standard InChI is InChI=1S/C21H34N6/c1-7-22-21(24-14-20-16(3)25-27(6)17(20)4)23-13-18-10-9-11-19(12-18)15-26(5)8-2/h9-12H,7-8,13-15H2,1-6H3,(H2,22,23,24). The second-order valence-electron chi connectivity index (χ2n) is 6.97. The Morgan fingerprint density at radius 3 is 2.56 bits per heavy atom. The molecule has 148 valence electrons. The lowest BCUT2D eigenvalue weighted by atomic mass is 10.1. The first kappa shape index (κ1) is 21.0. The molecule has 0 radical (unpaired) electrons. The maximum Gasteiger partial charge on any atom is 0.191 e. The smallest absolute Gasteiger partial charge is 0.191 e. The number of rotatable bonds is 8. The summed E-state index contributed by atoms with van der Waals surface area (Å²) in [7, 11) is 4.12. The lowest BCUT2D eigenvalue weighted by Gasteiger charge is -2.14. The maximum absolute atomic E-state index is 4.76. The Balaban J connectivity index is 2.03. The molecular weight excluding hydrogens is 336 g/mol. The molecule has 0 saturated carbocycles. The fourth-order valence-electron chi connectivity index (χ4n) is 3.01. The minimum absolute atomic E-state index is 0.657. The van der Waals surface area contributed by atoms with Gasteiger partial charge in [-0.05, 0) is 45.5 Å². The fraction of sp³-hybridized carbons (Fsp3) is 0.524. The molecule has 6 nitrogen and oxygen atoms in total. The summed E-state index contributed by atoms with van der Waals surface area (Å²) in [6, 6.07) is 8.68. The molecule has 27 heavy (non-hydrogen) atoms. The molecule has 2 N–H and O–H groups in total. The van der Waals surface area contributed by atoms with Crippen molar-refractivity contribution in [2.75, 3.05) is 20.1 Å². The predicted molar refractivity (Wildman–Crippen MR) is 113 cm³/mol. The van der Waals surface area contributed by atoms with Gasteiger partial charge in [0.05, 0.1) is 12.2 Å². The van der Waals surface area contributed by atoms with Crippen molar-refractivity contribution in [1.82, 2.24) is 25.3 Å². The van der Waals surface area contributed by atoms with Crippen LogP contribution in [0, 0.1) is 13.8 Å². The monoisotopic (exact) mass is 370 g/mol. The summed E-state index contributed by atoms with van der Waals surface area (Å²) in [5, 5.41) is 11.2. The van der Waals surface area contributed by atoms with Crippen molar-refractivity contribution in [3.05, 3.63) is 52.3 Å². The summed E-state index contributed by atoms with van der Waals surface area (Å²) in [5.41, 5.74) is 6.02. The predicted octanol–water partition coefficient (Wildman–Crippen LogP) is 2.74. The molecule has 0 spiro atoms. The Bertz CT molecular complexity index is 762. The molecule has 1 aromatic carbocycles. The quantitative estimate of drug-likeness (QED) is 0.554. The molecule has 0 amide bonds. The van der Waals surface area contributed by atoms with Gasteiger partial charge in [0.1, 0.15) is 0 Å². The Labute approximate surface area is 163 Å². The molecular formula is C21H34N6. The van der Waals surface area contributed by atoms with Crippen LogP contribution in [0.25, 0.3) is 0 Å². The van der Waals surface area contributed by atoms with Gasteiger partial charge in [0.25, 0.3) is 0 Å². The van der Waals surface area contributed by atoms with Crippen LogP contribution in [0.15, 0.2) is 29.3 Å². The van der Waals surface area contributed by atoms with Gasteiger partial charge in [0.15, 0.2) is 5.96 Å². The van der Waals surface area contributed by atoms with E-state index in [2.05, 4.69) is 72.7 Å². The van der Waals surface area contributed by atoms with E-state index in [9.17, 15) is 0 Å². The number of guanidine groups is 1.